The van der Waals surface area contributed by atoms with Crippen molar-refractivity contribution in [2.75, 3.05) is 4.90 Å². The van der Waals surface area contributed by atoms with Crippen LogP contribution in [0, 0.1) is 0 Å². The average molecular weight is 728 g/mol. The molecule has 10 rings (SSSR count). The zero-order valence-corrected chi connectivity index (χ0v) is 31.7. The number of hydrogen-bond donors (Lipinski definition) is 0. The molecule has 0 heterocycles. The lowest BCUT2D eigenvalue weighted by Crippen LogP contribution is -2.29. The molecule has 0 saturated heterocycles. The molecule has 0 amide bonds. The van der Waals surface area contributed by atoms with E-state index in [2.05, 4.69) is 236 Å². The Morgan fingerprint density at radius 2 is 0.947 bits per heavy atom. The Morgan fingerprint density at radius 1 is 0.421 bits per heavy atom. The van der Waals surface area contributed by atoms with Crippen LogP contribution < -0.4 is 4.90 Å². The van der Waals surface area contributed by atoms with Gasteiger partial charge < -0.3 is 4.90 Å². The molecule has 0 fully saturated rings. The average Bonchev–Trinajstić information content (AvgIpc) is 3.60. The lowest BCUT2D eigenvalue weighted by atomic mass is 9.66. The van der Waals surface area contributed by atoms with E-state index in [0.29, 0.717) is 0 Å². The van der Waals surface area contributed by atoms with Gasteiger partial charge in [-0.25, -0.2) is 0 Å². The van der Waals surface area contributed by atoms with Crippen molar-refractivity contribution in [2.24, 2.45) is 0 Å². The van der Waals surface area contributed by atoms with E-state index in [9.17, 15) is 0 Å². The number of allylic oxidation sites excluding steroid dienone is 5. The maximum absolute atomic E-state index is 4.63. The van der Waals surface area contributed by atoms with E-state index >= 15 is 0 Å². The molecule has 0 saturated carbocycles. The van der Waals surface area contributed by atoms with Gasteiger partial charge in [0.05, 0.1) is 11.1 Å². The van der Waals surface area contributed by atoms with E-state index in [1.54, 1.807) is 0 Å². The molecule has 1 unspecified atom stereocenters. The molecule has 8 aromatic carbocycles. The fraction of sp³-hybridized carbons (Fsp3) is 0.0357. The Balaban J connectivity index is 1.24. The number of hydrogen-bond acceptors (Lipinski definition) is 1. The lowest BCUT2D eigenvalue weighted by molar-refractivity contribution is 0.653. The molecule has 0 aromatic heterocycles. The summed E-state index contributed by atoms with van der Waals surface area (Å²) in [6, 6.07) is 75.2. The maximum atomic E-state index is 4.63. The minimum atomic E-state index is -0.496. The van der Waals surface area contributed by atoms with Gasteiger partial charge in [-0.2, -0.15) is 0 Å². The molecule has 0 radical (unpaired) electrons. The Hall–Kier alpha value is -7.22. The molecule has 0 bridgehead atoms. The van der Waals surface area contributed by atoms with Crippen molar-refractivity contribution in [2.45, 2.75) is 11.8 Å². The number of rotatable bonds is 6. The summed E-state index contributed by atoms with van der Waals surface area (Å²) >= 11 is 0. The molecule has 57 heavy (non-hydrogen) atoms. The Labute approximate surface area is 335 Å². The van der Waals surface area contributed by atoms with Gasteiger partial charge in [0, 0.05) is 16.9 Å². The van der Waals surface area contributed by atoms with Gasteiger partial charge in [0.1, 0.15) is 0 Å². The molecule has 0 aliphatic heterocycles. The van der Waals surface area contributed by atoms with E-state index in [1.807, 2.05) is 0 Å². The zero-order chi connectivity index (χ0) is 38.2. The van der Waals surface area contributed by atoms with Gasteiger partial charge in [0.2, 0.25) is 0 Å². The smallest absolute Gasteiger partial charge is 0.0543 e. The molecule has 8 aromatic rings. The molecule has 2 aliphatic carbocycles. The van der Waals surface area contributed by atoms with Crippen LogP contribution in [0.1, 0.15) is 34.2 Å². The molecular formula is C56H41N. The van der Waals surface area contributed by atoms with Gasteiger partial charge in [-0.15, -0.1) is 0 Å². The van der Waals surface area contributed by atoms with E-state index in [1.165, 1.54) is 66.8 Å². The molecule has 1 spiro atoms. The molecule has 2 aliphatic rings. The van der Waals surface area contributed by atoms with E-state index in [-0.39, 0.29) is 0 Å². The second-order valence-electron chi connectivity index (χ2n) is 15.0. The summed E-state index contributed by atoms with van der Waals surface area (Å²) in [4.78, 5) is 2.46. The van der Waals surface area contributed by atoms with E-state index in [4.69, 9.17) is 0 Å². The summed E-state index contributed by atoms with van der Waals surface area (Å²) in [5.41, 5.74) is 18.7. The summed E-state index contributed by atoms with van der Waals surface area (Å²) in [5, 5.41) is 0. The number of nitrogens with zero attached hydrogens (tertiary/aromatic N) is 1. The highest BCUT2D eigenvalue weighted by Gasteiger charge is 2.47. The molecule has 1 nitrogen and oxygen atoms in total. The van der Waals surface area contributed by atoms with Crippen molar-refractivity contribution in [3.8, 4) is 33.4 Å². The van der Waals surface area contributed by atoms with Gasteiger partial charge in [-0.3, -0.25) is 0 Å². The van der Waals surface area contributed by atoms with Crippen LogP contribution in [0.4, 0.5) is 17.1 Å². The van der Waals surface area contributed by atoms with Crippen molar-refractivity contribution < 1.29 is 0 Å². The Bertz CT molecular complexity index is 2810. The predicted molar refractivity (Wildman–Crippen MR) is 241 cm³/mol. The van der Waals surface area contributed by atoms with Crippen LogP contribution in [0.15, 0.2) is 231 Å². The van der Waals surface area contributed by atoms with Crippen molar-refractivity contribution in [3.63, 3.8) is 0 Å². The fourth-order valence-electron chi connectivity index (χ4n) is 9.18. The Morgan fingerprint density at radius 3 is 1.65 bits per heavy atom. The van der Waals surface area contributed by atoms with Crippen LogP contribution >= 0.6 is 0 Å². The standard InChI is InChI=1S/C56H41N/c1-40-18-15-26-46(43-23-9-4-10-24-43)39-56(51-30-13-11-28-49(40)51)52-31-14-12-29-50(52)55-53(56)32-17-33-54(55)57(47-36-34-44(35-37-47)41-19-5-2-6-20-41)48-27-16-25-45(38-48)42-21-7-3-8-22-42/h2-38H,1,39H2/b18-15-,46-26+. The van der Waals surface area contributed by atoms with Crippen LogP contribution in [0.2, 0.25) is 0 Å². The zero-order valence-electron chi connectivity index (χ0n) is 31.7. The highest BCUT2D eigenvalue weighted by atomic mass is 15.1. The molecule has 1 atom stereocenters. The lowest BCUT2D eigenvalue weighted by Gasteiger charge is -2.36. The van der Waals surface area contributed by atoms with Gasteiger partial charge in [-0.1, -0.05) is 201 Å². The van der Waals surface area contributed by atoms with Gasteiger partial charge >= 0.3 is 0 Å². The summed E-state index contributed by atoms with van der Waals surface area (Å²) < 4.78 is 0. The van der Waals surface area contributed by atoms with Crippen LogP contribution in [0.25, 0.3) is 44.5 Å². The topological polar surface area (TPSA) is 3.24 Å². The summed E-state index contributed by atoms with van der Waals surface area (Å²) in [7, 11) is 0. The van der Waals surface area contributed by atoms with E-state index < -0.39 is 5.41 Å². The highest BCUT2D eigenvalue weighted by molar-refractivity contribution is 5.98. The highest BCUT2D eigenvalue weighted by Crippen LogP contribution is 2.60. The predicted octanol–water partition coefficient (Wildman–Crippen LogP) is 14.9. The van der Waals surface area contributed by atoms with E-state index in [0.717, 1.165) is 29.1 Å². The second kappa shape index (κ2) is 14.5. The fourth-order valence-corrected chi connectivity index (χ4v) is 9.18. The normalized spacial score (nSPS) is 16.9. The molecule has 0 N–H and O–H groups in total. The third-order valence-corrected chi connectivity index (χ3v) is 11.8. The number of fused-ring (bicyclic) bond motifs is 7. The minimum Gasteiger partial charge on any atom is -0.310 e. The van der Waals surface area contributed by atoms with Crippen LogP contribution in [-0.4, -0.2) is 0 Å². The monoisotopic (exact) mass is 727 g/mol. The molecular weight excluding hydrogens is 687 g/mol. The first kappa shape index (κ1) is 34.3. The number of anilines is 3. The van der Waals surface area contributed by atoms with Crippen molar-refractivity contribution in [1.82, 2.24) is 0 Å². The third-order valence-electron chi connectivity index (χ3n) is 11.8. The van der Waals surface area contributed by atoms with Gasteiger partial charge in [0.15, 0.2) is 0 Å². The van der Waals surface area contributed by atoms with Crippen LogP contribution in [0.5, 0.6) is 0 Å². The summed E-state index contributed by atoms with van der Waals surface area (Å²) in [6.45, 7) is 4.63. The van der Waals surface area contributed by atoms with Crippen molar-refractivity contribution in [3.05, 3.63) is 259 Å². The van der Waals surface area contributed by atoms with Crippen molar-refractivity contribution >= 4 is 28.2 Å². The van der Waals surface area contributed by atoms with Crippen LogP contribution in [0.3, 0.4) is 0 Å². The first-order chi connectivity index (χ1) is 28.2. The Kier molecular flexibility index (Phi) is 8.69. The largest absolute Gasteiger partial charge is 0.310 e. The first-order valence-corrected chi connectivity index (χ1v) is 19.7. The van der Waals surface area contributed by atoms with Gasteiger partial charge in [0.25, 0.3) is 0 Å². The SMILES string of the molecule is C=C1/C=C\C=C(\c2ccccc2)CC2(c3ccccc31)c1ccccc1-c1c(N(c3ccc(-c4ccccc4)cc3)c3cccc(-c4ccccc4)c3)cccc12. The summed E-state index contributed by atoms with van der Waals surface area (Å²) in [6.07, 6.45) is 7.43. The number of benzene rings is 8. The quantitative estimate of drug-likeness (QED) is 0.165. The summed E-state index contributed by atoms with van der Waals surface area (Å²) in [5.74, 6) is 0. The first-order valence-electron chi connectivity index (χ1n) is 19.7. The second-order valence-corrected chi connectivity index (χ2v) is 15.0. The van der Waals surface area contributed by atoms with Crippen LogP contribution in [-0.2, 0) is 5.41 Å². The maximum Gasteiger partial charge on any atom is 0.0543 e. The molecule has 1 heteroatoms. The molecule has 270 valence electrons. The third kappa shape index (κ3) is 5.96. The van der Waals surface area contributed by atoms with Crippen molar-refractivity contribution in [1.29, 1.82) is 0 Å². The minimum absolute atomic E-state index is 0.496. The van der Waals surface area contributed by atoms with Gasteiger partial charge in [-0.05, 0) is 104 Å².